The number of amides is 1. The summed E-state index contributed by atoms with van der Waals surface area (Å²) in [6, 6.07) is 8.86. The SMILES string of the molecule is C=C(CCCC(CCC)NC(=O)CC)C1CC1.CC.CC.CC(C)(C)C.Cc1ccc(C)cc1. The van der Waals surface area contributed by atoms with E-state index in [1.807, 2.05) is 34.6 Å². The minimum absolute atomic E-state index is 0.185. The molecule has 0 bridgehead atoms. The summed E-state index contributed by atoms with van der Waals surface area (Å²) in [4.78, 5) is 11.4. The number of benzene rings is 1. The molecule has 1 saturated carbocycles. The fraction of sp³-hybridized carbons (Fsp3) is 0.719. The van der Waals surface area contributed by atoms with Gasteiger partial charge in [-0.1, -0.05) is 123 Å². The predicted molar refractivity (Wildman–Crippen MR) is 157 cm³/mol. The van der Waals surface area contributed by atoms with E-state index < -0.39 is 0 Å². The Morgan fingerprint density at radius 3 is 1.68 bits per heavy atom. The first-order chi connectivity index (χ1) is 16.0. The molecule has 0 saturated heterocycles. The van der Waals surface area contributed by atoms with E-state index >= 15 is 0 Å². The summed E-state index contributed by atoms with van der Waals surface area (Å²) in [7, 11) is 0. The number of rotatable bonds is 9. The average Bonchev–Trinajstić information content (AvgIpc) is 3.63. The van der Waals surface area contributed by atoms with Gasteiger partial charge < -0.3 is 5.32 Å². The zero-order valence-corrected chi connectivity index (χ0v) is 25.2. The van der Waals surface area contributed by atoms with Crippen LogP contribution >= 0.6 is 0 Å². The van der Waals surface area contributed by atoms with Gasteiger partial charge in [0, 0.05) is 12.5 Å². The van der Waals surface area contributed by atoms with Crippen molar-refractivity contribution in [2.45, 2.75) is 140 Å². The summed E-state index contributed by atoms with van der Waals surface area (Å²) in [5, 5.41) is 3.12. The maximum absolute atomic E-state index is 11.4. The maximum Gasteiger partial charge on any atom is 0.219 e. The minimum atomic E-state index is 0.185. The van der Waals surface area contributed by atoms with Crippen LogP contribution in [0.15, 0.2) is 36.4 Å². The molecule has 200 valence electrons. The first-order valence-corrected chi connectivity index (χ1v) is 14.0. The molecule has 1 N–H and O–H groups in total. The van der Waals surface area contributed by atoms with Gasteiger partial charge in [0.15, 0.2) is 0 Å². The molecule has 1 aromatic carbocycles. The Labute approximate surface area is 215 Å². The smallest absolute Gasteiger partial charge is 0.219 e. The number of aryl methyl sites for hydroxylation is 2. The molecule has 1 aliphatic rings. The Balaban J connectivity index is -0.000000468. The van der Waals surface area contributed by atoms with Gasteiger partial charge in [0.05, 0.1) is 0 Å². The van der Waals surface area contributed by atoms with Crippen LogP contribution < -0.4 is 5.32 Å². The Bertz CT molecular complexity index is 563. The van der Waals surface area contributed by atoms with Crippen LogP contribution in [0.1, 0.15) is 132 Å². The maximum atomic E-state index is 11.4. The van der Waals surface area contributed by atoms with Crippen LogP contribution in [0.3, 0.4) is 0 Å². The zero-order valence-electron chi connectivity index (χ0n) is 25.2. The molecule has 1 aliphatic carbocycles. The zero-order chi connectivity index (χ0) is 27.2. The van der Waals surface area contributed by atoms with Gasteiger partial charge in [0.2, 0.25) is 5.91 Å². The Morgan fingerprint density at radius 2 is 1.35 bits per heavy atom. The molecule has 2 rings (SSSR count). The van der Waals surface area contributed by atoms with Gasteiger partial charge in [-0.25, -0.2) is 0 Å². The van der Waals surface area contributed by atoms with E-state index in [2.05, 4.69) is 84.6 Å². The topological polar surface area (TPSA) is 29.1 Å². The van der Waals surface area contributed by atoms with Gasteiger partial charge >= 0.3 is 0 Å². The van der Waals surface area contributed by atoms with E-state index in [1.165, 1.54) is 36.0 Å². The lowest BCUT2D eigenvalue weighted by molar-refractivity contribution is -0.121. The van der Waals surface area contributed by atoms with E-state index in [-0.39, 0.29) is 5.91 Å². The van der Waals surface area contributed by atoms with Gasteiger partial charge in [0.1, 0.15) is 0 Å². The highest BCUT2D eigenvalue weighted by atomic mass is 16.1. The molecular weight excluding hydrogens is 414 g/mol. The molecule has 1 amide bonds. The highest BCUT2D eigenvalue weighted by molar-refractivity contribution is 5.75. The van der Waals surface area contributed by atoms with Crippen molar-refractivity contribution in [1.29, 1.82) is 0 Å². The molecule has 1 fully saturated rings. The first kappa shape index (κ1) is 37.0. The summed E-state index contributed by atoms with van der Waals surface area (Å²) >= 11 is 0. The average molecular weight is 476 g/mol. The van der Waals surface area contributed by atoms with E-state index in [4.69, 9.17) is 0 Å². The van der Waals surface area contributed by atoms with Crippen LogP contribution in [0.4, 0.5) is 0 Å². The number of carbonyl (C=O) groups excluding carboxylic acids is 1. The number of nitrogens with one attached hydrogen (secondary N) is 1. The lowest BCUT2D eigenvalue weighted by Gasteiger charge is -2.18. The minimum Gasteiger partial charge on any atom is -0.353 e. The summed E-state index contributed by atoms with van der Waals surface area (Å²) in [6.07, 6.45) is 8.95. The summed E-state index contributed by atoms with van der Waals surface area (Å²) < 4.78 is 0. The van der Waals surface area contributed by atoms with Crippen molar-refractivity contribution >= 4 is 5.91 Å². The number of allylic oxidation sites excluding steroid dienone is 1. The second-order valence-electron chi connectivity index (χ2n) is 10.4. The van der Waals surface area contributed by atoms with Crippen molar-refractivity contribution in [3.05, 3.63) is 47.5 Å². The highest BCUT2D eigenvalue weighted by Crippen LogP contribution is 2.37. The van der Waals surface area contributed by atoms with Crippen molar-refractivity contribution in [2.24, 2.45) is 11.3 Å². The van der Waals surface area contributed by atoms with E-state index in [1.54, 1.807) is 0 Å². The summed E-state index contributed by atoms with van der Waals surface area (Å²) in [5.41, 5.74) is 4.59. The molecule has 34 heavy (non-hydrogen) atoms. The van der Waals surface area contributed by atoms with E-state index in [0.29, 0.717) is 17.9 Å². The molecular formula is C32H61NO. The Morgan fingerprint density at radius 1 is 0.941 bits per heavy atom. The Hall–Kier alpha value is -1.57. The molecule has 0 spiro atoms. The standard InChI is InChI=1S/C15H27NO.C8H10.C5H12.2C2H6/c1-4-7-14(16-15(17)5-2)9-6-8-12(3)13-10-11-13;1-7-3-5-8(2)6-4-7;1-5(2,3)4;2*1-2/h13-14H,3-11H2,1-2H3,(H,16,17);3-6H,1-2H3;1-4H3;2*1-2H3. The monoisotopic (exact) mass is 475 g/mol. The molecule has 1 aromatic rings. The van der Waals surface area contributed by atoms with E-state index in [0.717, 1.165) is 31.6 Å². The fourth-order valence-electron chi connectivity index (χ4n) is 2.87. The van der Waals surface area contributed by atoms with Crippen molar-refractivity contribution in [3.8, 4) is 0 Å². The van der Waals surface area contributed by atoms with Gasteiger partial charge in [-0.2, -0.15) is 0 Å². The van der Waals surface area contributed by atoms with Crippen LogP contribution in [-0.2, 0) is 4.79 Å². The van der Waals surface area contributed by atoms with Crippen molar-refractivity contribution in [1.82, 2.24) is 5.32 Å². The second kappa shape index (κ2) is 23.2. The number of hydrogen-bond donors (Lipinski definition) is 1. The Kier molecular flexibility index (Phi) is 25.2. The van der Waals surface area contributed by atoms with Gasteiger partial charge in [-0.3, -0.25) is 4.79 Å². The molecule has 0 aromatic heterocycles. The lowest BCUT2D eigenvalue weighted by Crippen LogP contribution is -2.34. The molecule has 0 radical (unpaired) electrons. The first-order valence-electron chi connectivity index (χ1n) is 14.0. The van der Waals surface area contributed by atoms with Crippen molar-refractivity contribution in [3.63, 3.8) is 0 Å². The molecule has 0 aliphatic heterocycles. The summed E-state index contributed by atoms with van der Waals surface area (Å²) in [5.74, 6) is 1.01. The number of carbonyl (C=O) groups is 1. The molecule has 1 unspecified atom stereocenters. The third-order valence-corrected chi connectivity index (χ3v) is 4.75. The van der Waals surface area contributed by atoms with Crippen molar-refractivity contribution < 1.29 is 4.79 Å². The third-order valence-electron chi connectivity index (χ3n) is 4.75. The van der Waals surface area contributed by atoms with Gasteiger partial charge in [-0.05, 0) is 63.7 Å². The second-order valence-corrected chi connectivity index (χ2v) is 10.4. The quantitative estimate of drug-likeness (QED) is 0.353. The van der Waals surface area contributed by atoms with Crippen LogP contribution in [0.25, 0.3) is 0 Å². The lowest BCUT2D eigenvalue weighted by atomic mass is 10.0. The highest BCUT2D eigenvalue weighted by Gasteiger charge is 2.24. The fourth-order valence-corrected chi connectivity index (χ4v) is 2.87. The van der Waals surface area contributed by atoms with Crippen molar-refractivity contribution in [2.75, 3.05) is 0 Å². The molecule has 2 nitrogen and oxygen atoms in total. The van der Waals surface area contributed by atoms with Gasteiger partial charge in [0.25, 0.3) is 0 Å². The molecule has 1 atom stereocenters. The number of hydrogen-bond acceptors (Lipinski definition) is 1. The normalized spacial score (nSPS) is 12.6. The van der Waals surface area contributed by atoms with Crippen LogP contribution in [-0.4, -0.2) is 11.9 Å². The van der Waals surface area contributed by atoms with Gasteiger partial charge in [-0.15, -0.1) is 0 Å². The van der Waals surface area contributed by atoms with E-state index in [9.17, 15) is 4.79 Å². The third kappa shape index (κ3) is 28.5. The summed E-state index contributed by atoms with van der Waals surface area (Å²) in [6.45, 7) is 29.2. The van der Waals surface area contributed by atoms with Crippen LogP contribution in [0.5, 0.6) is 0 Å². The molecule has 0 heterocycles. The predicted octanol–water partition coefficient (Wildman–Crippen LogP) is 10.2. The largest absolute Gasteiger partial charge is 0.353 e. The van der Waals surface area contributed by atoms with Crippen LogP contribution in [0, 0.1) is 25.2 Å². The van der Waals surface area contributed by atoms with Crippen LogP contribution in [0.2, 0.25) is 0 Å². The molecule has 2 heteroatoms.